The molecule has 3 N–H and O–H groups in total. The van der Waals surface area contributed by atoms with Crippen molar-refractivity contribution in [2.24, 2.45) is 0 Å². The Bertz CT molecular complexity index is 152. The van der Waals surface area contributed by atoms with Crippen molar-refractivity contribution < 1.29 is 4.79 Å². The van der Waals surface area contributed by atoms with Gasteiger partial charge in [-0.2, -0.15) is 0 Å². The summed E-state index contributed by atoms with van der Waals surface area (Å²) in [6, 6.07) is 0. The molecular formula is C15H37N3O. The van der Waals surface area contributed by atoms with Gasteiger partial charge < -0.3 is 16.0 Å². The Hall–Kier alpha value is -0.610. The van der Waals surface area contributed by atoms with Gasteiger partial charge in [0.2, 0.25) is 5.91 Å². The molecule has 4 nitrogen and oxygen atoms in total. The Morgan fingerprint density at radius 2 is 1.32 bits per heavy atom. The molecular weight excluding hydrogens is 238 g/mol. The highest BCUT2D eigenvalue weighted by molar-refractivity contribution is 5.72. The van der Waals surface area contributed by atoms with Crippen LogP contribution in [0.25, 0.3) is 0 Å². The second kappa shape index (κ2) is 26.1. The van der Waals surface area contributed by atoms with Crippen LogP contribution in [0.1, 0.15) is 60.8 Å². The van der Waals surface area contributed by atoms with Crippen molar-refractivity contribution in [3.63, 3.8) is 0 Å². The third-order valence-electron chi connectivity index (χ3n) is 2.13. The molecule has 0 heterocycles. The average Bonchev–Trinajstić information content (AvgIpc) is 2.45. The van der Waals surface area contributed by atoms with Crippen LogP contribution in [0.2, 0.25) is 0 Å². The van der Waals surface area contributed by atoms with Gasteiger partial charge in [0.15, 0.2) is 0 Å². The molecule has 0 aromatic heterocycles. The number of likely N-dealkylation sites (N-methyl/N-ethyl adjacent to an activating group) is 1. The zero-order valence-corrected chi connectivity index (χ0v) is 14.1. The maximum atomic E-state index is 10.5. The fourth-order valence-corrected chi connectivity index (χ4v) is 1.29. The van der Waals surface area contributed by atoms with Gasteiger partial charge in [-0.1, -0.05) is 41.0 Å². The smallest absolute Gasteiger partial charge is 0.216 e. The highest BCUT2D eigenvalue weighted by atomic mass is 16.1. The van der Waals surface area contributed by atoms with Crippen LogP contribution in [-0.4, -0.2) is 38.6 Å². The molecule has 0 fully saturated rings. The van der Waals surface area contributed by atoms with Crippen LogP contribution in [0.15, 0.2) is 0 Å². The van der Waals surface area contributed by atoms with Crippen LogP contribution in [0.4, 0.5) is 0 Å². The molecule has 0 aromatic carbocycles. The van der Waals surface area contributed by atoms with Gasteiger partial charge in [-0.3, -0.25) is 4.79 Å². The normalized spacial score (nSPS) is 8.74. The molecule has 0 aromatic rings. The van der Waals surface area contributed by atoms with Gasteiger partial charge in [0.1, 0.15) is 0 Å². The monoisotopic (exact) mass is 275 g/mol. The van der Waals surface area contributed by atoms with Crippen LogP contribution < -0.4 is 16.0 Å². The van der Waals surface area contributed by atoms with Gasteiger partial charge in [0.05, 0.1) is 0 Å². The molecule has 0 rings (SSSR count). The molecule has 118 valence electrons. The van der Waals surface area contributed by atoms with E-state index in [1.807, 2.05) is 27.7 Å². The summed E-state index contributed by atoms with van der Waals surface area (Å²) < 4.78 is 0. The molecule has 0 unspecified atom stereocenters. The lowest BCUT2D eigenvalue weighted by molar-refractivity contribution is -0.118. The quantitative estimate of drug-likeness (QED) is 0.537. The van der Waals surface area contributed by atoms with E-state index in [2.05, 4.69) is 22.9 Å². The Kier molecular flexibility index (Phi) is 32.2. The molecule has 0 radical (unpaired) electrons. The molecule has 19 heavy (non-hydrogen) atoms. The van der Waals surface area contributed by atoms with E-state index in [1.54, 1.807) is 6.92 Å². The maximum absolute atomic E-state index is 10.5. The molecule has 0 saturated heterocycles. The van der Waals surface area contributed by atoms with Gasteiger partial charge in [-0.25, -0.2) is 0 Å². The highest BCUT2D eigenvalue weighted by Crippen LogP contribution is 1.91. The largest absolute Gasteiger partial charge is 0.356 e. The second-order valence-corrected chi connectivity index (χ2v) is 3.65. The Labute approximate surface area is 121 Å². The number of hydrogen-bond donors (Lipinski definition) is 3. The van der Waals surface area contributed by atoms with Crippen LogP contribution >= 0.6 is 0 Å². The van der Waals surface area contributed by atoms with Crippen LogP contribution in [0, 0.1) is 0 Å². The lowest BCUT2D eigenvalue weighted by Gasteiger charge is -2.05. The highest BCUT2D eigenvalue weighted by Gasteiger charge is 1.91. The van der Waals surface area contributed by atoms with Crippen LogP contribution in [0.3, 0.4) is 0 Å². The summed E-state index contributed by atoms with van der Waals surface area (Å²) in [6.45, 7) is 16.7. The third-order valence-corrected chi connectivity index (χ3v) is 2.13. The van der Waals surface area contributed by atoms with Gasteiger partial charge in [-0.15, -0.1) is 0 Å². The van der Waals surface area contributed by atoms with E-state index in [0.717, 1.165) is 39.1 Å². The minimum absolute atomic E-state index is 0.0683. The van der Waals surface area contributed by atoms with Gasteiger partial charge in [-0.05, 0) is 25.9 Å². The Morgan fingerprint density at radius 3 is 1.84 bits per heavy atom. The zero-order chi connectivity index (χ0) is 15.4. The van der Waals surface area contributed by atoms with Crippen molar-refractivity contribution in [3.8, 4) is 0 Å². The van der Waals surface area contributed by atoms with Gasteiger partial charge in [0.25, 0.3) is 0 Å². The summed E-state index contributed by atoms with van der Waals surface area (Å²) in [6.07, 6.45) is 3.44. The summed E-state index contributed by atoms with van der Waals surface area (Å²) in [5.41, 5.74) is 0. The molecule has 0 spiro atoms. The van der Waals surface area contributed by atoms with Gasteiger partial charge in [0, 0.05) is 26.6 Å². The number of amides is 1. The number of unbranched alkanes of at least 4 members (excludes halogenated alkanes) is 2. The summed E-state index contributed by atoms with van der Waals surface area (Å²) >= 11 is 0. The minimum atomic E-state index is 0.0683. The first-order valence-electron chi connectivity index (χ1n) is 7.93. The van der Waals surface area contributed by atoms with E-state index in [9.17, 15) is 4.79 Å². The van der Waals surface area contributed by atoms with Crippen molar-refractivity contribution >= 4 is 5.91 Å². The SMILES string of the molecule is CC.CC.CCNCCNCCCCCNC(C)=O. The third kappa shape index (κ3) is 31.7. The minimum Gasteiger partial charge on any atom is -0.356 e. The Balaban J connectivity index is -0.000000579. The van der Waals surface area contributed by atoms with E-state index >= 15 is 0 Å². The Morgan fingerprint density at radius 1 is 0.789 bits per heavy atom. The number of rotatable bonds is 10. The van der Waals surface area contributed by atoms with Gasteiger partial charge >= 0.3 is 0 Å². The van der Waals surface area contributed by atoms with E-state index in [-0.39, 0.29) is 5.91 Å². The fraction of sp³-hybridized carbons (Fsp3) is 0.933. The fourth-order valence-electron chi connectivity index (χ4n) is 1.29. The summed E-state index contributed by atoms with van der Waals surface area (Å²) in [5, 5.41) is 9.43. The molecule has 0 atom stereocenters. The molecule has 0 aliphatic rings. The van der Waals surface area contributed by atoms with E-state index < -0.39 is 0 Å². The summed E-state index contributed by atoms with van der Waals surface area (Å²) in [7, 11) is 0. The summed E-state index contributed by atoms with van der Waals surface area (Å²) in [5.74, 6) is 0.0683. The average molecular weight is 275 g/mol. The number of hydrogen-bond acceptors (Lipinski definition) is 3. The first-order valence-corrected chi connectivity index (χ1v) is 7.93. The van der Waals surface area contributed by atoms with Crippen molar-refractivity contribution in [3.05, 3.63) is 0 Å². The lowest BCUT2D eigenvalue weighted by atomic mass is 10.2. The van der Waals surface area contributed by atoms with E-state index in [4.69, 9.17) is 0 Å². The van der Waals surface area contributed by atoms with Crippen LogP contribution in [0.5, 0.6) is 0 Å². The molecule has 0 aliphatic heterocycles. The lowest BCUT2D eigenvalue weighted by Crippen LogP contribution is -2.27. The number of carbonyl (C=O) groups excluding carboxylic acids is 1. The number of nitrogens with one attached hydrogen (secondary N) is 3. The van der Waals surface area contributed by atoms with Crippen molar-refractivity contribution in [1.29, 1.82) is 0 Å². The van der Waals surface area contributed by atoms with E-state index in [0.29, 0.717) is 0 Å². The number of carbonyl (C=O) groups is 1. The second-order valence-electron chi connectivity index (χ2n) is 3.65. The zero-order valence-electron chi connectivity index (χ0n) is 14.1. The van der Waals surface area contributed by atoms with Crippen molar-refractivity contribution in [2.75, 3.05) is 32.7 Å². The van der Waals surface area contributed by atoms with Crippen molar-refractivity contribution in [1.82, 2.24) is 16.0 Å². The van der Waals surface area contributed by atoms with Crippen LogP contribution in [-0.2, 0) is 4.79 Å². The predicted octanol–water partition coefficient (Wildman–Crippen LogP) is 2.54. The summed E-state index contributed by atoms with van der Waals surface area (Å²) in [4.78, 5) is 10.5. The van der Waals surface area contributed by atoms with E-state index in [1.165, 1.54) is 12.8 Å². The van der Waals surface area contributed by atoms with Crippen molar-refractivity contribution in [2.45, 2.75) is 60.8 Å². The first-order chi connectivity index (χ1) is 9.27. The molecule has 0 aliphatic carbocycles. The standard InChI is InChI=1S/C11H25N3O.2C2H6/c1-3-12-9-10-13-7-5-4-6-8-14-11(2)15;2*1-2/h12-13H,3-10H2,1-2H3,(H,14,15);2*1-2H3. The topological polar surface area (TPSA) is 53.2 Å². The predicted molar refractivity (Wildman–Crippen MR) is 86.6 cm³/mol. The molecule has 0 bridgehead atoms. The molecule has 4 heteroatoms. The first kappa shape index (κ1) is 23.5. The molecule has 0 saturated carbocycles. The maximum Gasteiger partial charge on any atom is 0.216 e. The molecule has 1 amide bonds.